The number of carbonyl (C=O) groups is 1. The first-order valence-electron chi connectivity index (χ1n) is 10.4. The molecule has 9 heteroatoms. The maximum Gasteiger partial charge on any atom is 0.240 e. The SMILES string of the molecule is Cc1ccc(S(=O)(=O)NCCC(=O)Nc2cc(Cl)c(C(C#N)c3ccc(Cl)cc3)cc2C)cc1. The van der Waals surface area contributed by atoms with Crippen LogP contribution in [0.15, 0.2) is 65.6 Å². The van der Waals surface area contributed by atoms with Crippen molar-refractivity contribution in [2.45, 2.75) is 31.1 Å². The largest absolute Gasteiger partial charge is 0.326 e. The topological polar surface area (TPSA) is 99.1 Å². The van der Waals surface area contributed by atoms with Crippen LogP contribution in [-0.2, 0) is 14.8 Å². The second-order valence-corrected chi connectivity index (χ2v) is 10.4. The van der Waals surface area contributed by atoms with Gasteiger partial charge in [-0.2, -0.15) is 5.26 Å². The molecule has 2 N–H and O–H groups in total. The maximum atomic E-state index is 12.4. The van der Waals surface area contributed by atoms with E-state index in [1.165, 1.54) is 12.1 Å². The van der Waals surface area contributed by atoms with Crippen LogP contribution in [0.1, 0.15) is 34.6 Å². The number of hydrogen-bond donors (Lipinski definition) is 2. The zero-order valence-corrected chi connectivity index (χ0v) is 20.9. The first kappa shape index (κ1) is 25.7. The molecule has 3 aromatic rings. The standard InChI is InChI=1S/C25H23Cl2N3O3S/c1-16-3-9-20(10-4-16)34(32,33)29-12-11-25(31)30-24-14-23(27)21(13-17(24)2)22(15-28)18-5-7-19(26)8-6-18/h3-10,13-14,22,29H,11-12H2,1-2H3,(H,30,31). The second-order valence-electron chi connectivity index (χ2n) is 7.81. The number of nitriles is 1. The lowest BCUT2D eigenvalue weighted by atomic mass is 9.91. The molecule has 0 spiro atoms. The third-order valence-electron chi connectivity index (χ3n) is 5.24. The van der Waals surface area contributed by atoms with Gasteiger partial charge in [-0.25, -0.2) is 13.1 Å². The minimum Gasteiger partial charge on any atom is -0.326 e. The van der Waals surface area contributed by atoms with Gasteiger partial charge in [-0.3, -0.25) is 4.79 Å². The van der Waals surface area contributed by atoms with E-state index in [2.05, 4.69) is 16.1 Å². The smallest absolute Gasteiger partial charge is 0.240 e. The molecule has 0 aliphatic carbocycles. The molecule has 1 atom stereocenters. The lowest BCUT2D eigenvalue weighted by Gasteiger charge is -2.16. The summed E-state index contributed by atoms with van der Waals surface area (Å²) in [5.74, 6) is -0.961. The summed E-state index contributed by atoms with van der Waals surface area (Å²) in [6, 6.07) is 19.0. The first-order chi connectivity index (χ1) is 16.1. The Balaban J connectivity index is 1.66. The summed E-state index contributed by atoms with van der Waals surface area (Å²) in [6.45, 7) is 3.61. The molecule has 3 aromatic carbocycles. The van der Waals surface area contributed by atoms with Crippen LogP contribution in [0.3, 0.4) is 0 Å². The Bertz CT molecular complexity index is 1330. The summed E-state index contributed by atoms with van der Waals surface area (Å²) in [7, 11) is -3.70. The fourth-order valence-corrected chi connectivity index (χ4v) is 4.78. The van der Waals surface area contributed by atoms with E-state index in [9.17, 15) is 18.5 Å². The van der Waals surface area contributed by atoms with Crippen LogP contribution in [0.5, 0.6) is 0 Å². The molecule has 0 fully saturated rings. The lowest BCUT2D eigenvalue weighted by molar-refractivity contribution is -0.116. The Morgan fingerprint density at radius 1 is 1.03 bits per heavy atom. The minimum atomic E-state index is -3.70. The van der Waals surface area contributed by atoms with Gasteiger partial charge in [0.15, 0.2) is 0 Å². The number of sulfonamides is 1. The molecule has 0 saturated carbocycles. The molecule has 34 heavy (non-hydrogen) atoms. The van der Waals surface area contributed by atoms with E-state index in [-0.39, 0.29) is 23.8 Å². The van der Waals surface area contributed by atoms with E-state index >= 15 is 0 Å². The summed E-state index contributed by atoms with van der Waals surface area (Å²) < 4.78 is 27.1. The van der Waals surface area contributed by atoms with Gasteiger partial charge in [-0.1, -0.05) is 59.1 Å². The maximum absolute atomic E-state index is 12.4. The van der Waals surface area contributed by atoms with Crippen LogP contribution in [0.25, 0.3) is 0 Å². The van der Waals surface area contributed by atoms with Crippen molar-refractivity contribution >= 4 is 44.8 Å². The molecule has 0 bridgehead atoms. The van der Waals surface area contributed by atoms with Crippen LogP contribution in [0.4, 0.5) is 5.69 Å². The fraction of sp³-hybridized carbons (Fsp3) is 0.200. The van der Waals surface area contributed by atoms with Gasteiger partial charge in [0, 0.05) is 28.7 Å². The van der Waals surface area contributed by atoms with E-state index in [1.54, 1.807) is 55.5 Å². The van der Waals surface area contributed by atoms with Gasteiger partial charge in [0.2, 0.25) is 15.9 Å². The van der Waals surface area contributed by atoms with Crippen LogP contribution >= 0.6 is 23.2 Å². The number of amides is 1. The number of anilines is 1. The number of nitrogens with one attached hydrogen (secondary N) is 2. The molecule has 176 valence electrons. The Morgan fingerprint density at radius 2 is 1.68 bits per heavy atom. The quantitative estimate of drug-likeness (QED) is 0.409. The predicted molar refractivity (Wildman–Crippen MR) is 135 cm³/mol. The Labute approximate surface area is 209 Å². The number of carbonyl (C=O) groups excluding carboxylic acids is 1. The van der Waals surface area contributed by atoms with Crippen LogP contribution in [0.2, 0.25) is 10.0 Å². The monoisotopic (exact) mass is 515 g/mol. The van der Waals surface area contributed by atoms with Crippen molar-refractivity contribution in [1.82, 2.24) is 4.72 Å². The molecule has 0 aliphatic heterocycles. The van der Waals surface area contributed by atoms with Gasteiger partial charge in [-0.05, 0) is 60.9 Å². The van der Waals surface area contributed by atoms with E-state index in [0.717, 1.165) is 16.7 Å². The second kappa shape index (κ2) is 11.0. The molecule has 3 rings (SSSR count). The van der Waals surface area contributed by atoms with Gasteiger partial charge in [-0.15, -0.1) is 0 Å². The van der Waals surface area contributed by atoms with Crippen molar-refractivity contribution in [3.8, 4) is 6.07 Å². The van der Waals surface area contributed by atoms with E-state index in [0.29, 0.717) is 21.3 Å². The predicted octanol–water partition coefficient (Wildman–Crippen LogP) is 5.57. The number of hydrogen-bond acceptors (Lipinski definition) is 4. The highest BCUT2D eigenvalue weighted by Crippen LogP contribution is 2.34. The summed E-state index contributed by atoms with van der Waals surface area (Å²) in [4.78, 5) is 12.6. The van der Waals surface area contributed by atoms with Gasteiger partial charge in [0.05, 0.1) is 16.9 Å². The number of halogens is 2. The van der Waals surface area contributed by atoms with E-state index in [4.69, 9.17) is 23.2 Å². The van der Waals surface area contributed by atoms with Gasteiger partial charge >= 0.3 is 0 Å². The normalized spacial score (nSPS) is 12.1. The molecule has 1 amide bonds. The van der Waals surface area contributed by atoms with Gasteiger partial charge in [0.25, 0.3) is 0 Å². The molecule has 0 heterocycles. The fourth-order valence-electron chi connectivity index (χ4n) is 3.35. The summed E-state index contributed by atoms with van der Waals surface area (Å²) in [5.41, 5.74) is 3.54. The van der Waals surface area contributed by atoms with Crippen molar-refractivity contribution < 1.29 is 13.2 Å². The molecule has 0 radical (unpaired) electrons. The minimum absolute atomic E-state index is 0.0556. The summed E-state index contributed by atoms with van der Waals surface area (Å²) in [6.07, 6.45) is -0.0600. The Morgan fingerprint density at radius 3 is 2.29 bits per heavy atom. The number of nitrogens with zero attached hydrogens (tertiary/aromatic N) is 1. The summed E-state index contributed by atoms with van der Waals surface area (Å²) in [5, 5.41) is 13.4. The Kier molecular flexibility index (Phi) is 8.34. The van der Waals surface area contributed by atoms with E-state index in [1.807, 2.05) is 6.92 Å². The number of rotatable bonds is 8. The van der Waals surface area contributed by atoms with Crippen molar-refractivity contribution in [2.75, 3.05) is 11.9 Å². The van der Waals surface area contributed by atoms with Crippen LogP contribution in [-0.4, -0.2) is 20.9 Å². The number of aryl methyl sites for hydroxylation is 2. The third kappa shape index (κ3) is 6.37. The van der Waals surface area contributed by atoms with Crippen LogP contribution in [0, 0.1) is 25.2 Å². The molecule has 6 nitrogen and oxygen atoms in total. The summed E-state index contributed by atoms with van der Waals surface area (Å²) >= 11 is 12.4. The molecule has 1 unspecified atom stereocenters. The molecule has 0 saturated heterocycles. The zero-order chi connectivity index (χ0) is 24.9. The van der Waals surface area contributed by atoms with Gasteiger partial charge in [0.1, 0.15) is 0 Å². The average Bonchev–Trinajstić information content (AvgIpc) is 2.78. The average molecular weight is 516 g/mol. The molecule has 0 aromatic heterocycles. The van der Waals surface area contributed by atoms with Crippen molar-refractivity contribution in [3.63, 3.8) is 0 Å². The Hall–Kier alpha value is -2.89. The van der Waals surface area contributed by atoms with Crippen LogP contribution < -0.4 is 10.0 Å². The number of benzene rings is 3. The zero-order valence-electron chi connectivity index (χ0n) is 18.6. The van der Waals surface area contributed by atoms with E-state index < -0.39 is 15.9 Å². The molecular formula is C25H23Cl2N3O3S. The first-order valence-corrected chi connectivity index (χ1v) is 12.7. The van der Waals surface area contributed by atoms with Crippen molar-refractivity contribution in [2.24, 2.45) is 0 Å². The highest BCUT2D eigenvalue weighted by molar-refractivity contribution is 7.89. The van der Waals surface area contributed by atoms with Crippen molar-refractivity contribution in [3.05, 3.63) is 93.0 Å². The highest BCUT2D eigenvalue weighted by atomic mass is 35.5. The molecular weight excluding hydrogens is 493 g/mol. The third-order valence-corrected chi connectivity index (χ3v) is 7.29. The highest BCUT2D eigenvalue weighted by Gasteiger charge is 2.19. The lowest BCUT2D eigenvalue weighted by Crippen LogP contribution is -2.28. The van der Waals surface area contributed by atoms with Crippen molar-refractivity contribution in [1.29, 1.82) is 5.26 Å². The molecule has 0 aliphatic rings. The van der Waals surface area contributed by atoms with Gasteiger partial charge < -0.3 is 5.32 Å².